The van der Waals surface area contributed by atoms with Gasteiger partial charge in [-0.15, -0.1) is 6.42 Å². The van der Waals surface area contributed by atoms with Crippen LogP contribution in [-0.4, -0.2) is 69.7 Å². The second kappa shape index (κ2) is 10.7. The molecular formula is C13H19N4O13P3. The average Bonchev–Trinajstić information content (AvgIpc) is 3.10. The topological polar surface area (TPSA) is 266 Å². The number of hydrogen-bond donors (Lipinski definition) is 7. The quantitative estimate of drug-likeness (QED) is 0.131. The van der Waals surface area contributed by atoms with E-state index in [9.17, 15) is 33.7 Å². The van der Waals surface area contributed by atoms with Gasteiger partial charge in [-0.05, 0) is 6.07 Å². The molecule has 0 aliphatic rings. The second-order valence-electron chi connectivity index (χ2n) is 6.03. The Morgan fingerprint density at radius 2 is 1.82 bits per heavy atom. The van der Waals surface area contributed by atoms with Gasteiger partial charge < -0.3 is 44.8 Å². The summed E-state index contributed by atoms with van der Waals surface area (Å²) in [5.74, 6) is 2.00. The second-order valence-corrected chi connectivity index (χ2v) is 10.4. The Kier molecular flexibility index (Phi) is 8.91. The summed E-state index contributed by atoms with van der Waals surface area (Å²) < 4.78 is 52.3. The number of anilines is 1. The smallest absolute Gasteiger partial charge is 0.392 e. The van der Waals surface area contributed by atoms with Crippen molar-refractivity contribution in [3.63, 3.8) is 0 Å². The van der Waals surface area contributed by atoms with Crippen LogP contribution < -0.4 is 5.73 Å². The number of nitrogen functional groups attached to an aromatic ring is 1. The number of fused-ring (bicyclic) bond motifs is 1. The Morgan fingerprint density at radius 1 is 1.15 bits per heavy atom. The number of terminal acetylenes is 1. The minimum absolute atomic E-state index is 0.128. The van der Waals surface area contributed by atoms with E-state index in [0.717, 1.165) is 6.33 Å². The van der Waals surface area contributed by atoms with Gasteiger partial charge in [-0.25, -0.2) is 23.7 Å². The molecule has 0 aromatic carbocycles. The van der Waals surface area contributed by atoms with Gasteiger partial charge in [-0.1, -0.05) is 5.92 Å². The van der Waals surface area contributed by atoms with Crippen LogP contribution in [0, 0.1) is 12.3 Å². The fraction of sp³-hybridized carbons (Fsp3) is 0.385. The summed E-state index contributed by atoms with van der Waals surface area (Å²) in [7, 11) is -16.8. The number of nitrogens with zero attached hydrogens (tertiary/aromatic N) is 3. The van der Waals surface area contributed by atoms with Crippen molar-refractivity contribution in [3.05, 3.63) is 18.6 Å². The van der Waals surface area contributed by atoms with E-state index in [0.29, 0.717) is 5.39 Å². The molecule has 0 fully saturated rings. The van der Waals surface area contributed by atoms with Crippen molar-refractivity contribution in [1.82, 2.24) is 14.5 Å². The van der Waals surface area contributed by atoms with Gasteiger partial charge in [0, 0.05) is 6.20 Å². The van der Waals surface area contributed by atoms with Gasteiger partial charge in [0.2, 0.25) is 0 Å². The Balaban J connectivity index is 2.18. The number of phosphoric ester groups is 1. The highest BCUT2D eigenvalue weighted by Crippen LogP contribution is 2.66. The summed E-state index contributed by atoms with van der Waals surface area (Å²) in [5.41, 5.74) is 5.96. The largest absolute Gasteiger partial charge is 0.490 e. The molecule has 2 aromatic heterocycles. The summed E-state index contributed by atoms with van der Waals surface area (Å²) in [6.07, 6.45) is 2.99. The highest BCUT2D eigenvalue weighted by molar-refractivity contribution is 7.66. The number of hydrogen-bond acceptors (Lipinski definition) is 12. The molecule has 0 saturated carbocycles. The van der Waals surface area contributed by atoms with Crippen LogP contribution >= 0.6 is 23.5 Å². The minimum Gasteiger partial charge on any atom is -0.392 e. The van der Waals surface area contributed by atoms with E-state index in [-0.39, 0.29) is 11.5 Å². The Labute approximate surface area is 185 Å². The molecule has 33 heavy (non-hydrogen) atoms. The van der Waals surface area contributed by atoms with Crippen molar-refractivity contribution < 1.29 is 61.4 Å². The first kappa shape index (κ1) is 27.5. The van der Waals surface area contributed by atoms with Crippen molar-refractivity contribution in [2.75, 3.05) is 18.9 Å². The first-order chi connectivity index (χ1) is 15.2. The van der Waals surface area contributed by atoms with Crippen molar-refractivity contribution in [2.45, 2.75) is 18.4 Å². The number of ether oxygens (including phenoxy) is 1. The van der Waals surface area contributed by atoms with Gasteiger partial charge >= 0.3 is 23.5 Å². The van der Waals surface area contributed by atoms with Crippen molar-refractivity contribution in [1.29, 1.82) is 0 Å². The van der Waals surface area contributed by atoms with Crippen LogP contribution in [-0.2, 0) is 31.6 Å². The van der Waals surface area contributed by atoms with Crippen molar-refractivity contribution in [3.8, 4) is 12.3 Å². The molecule has 20 heteroatoms. The van der Waals surface area contributed by atoms with Crippen LogP contribution in [0.1, 0.15) is 6.23 Å². The lowest BCUT2D eigenvalue weighted by Crippen LogP contribution is -2.35. The summed E-state index contributed by atoms with van der Waals surface area (Å²) in [4.78, 5) is 43.6. The average molecular weight is 532 g/mol. The lowest BCUT2D eigenvalue weighted by molar-refractivity contribution is -0.122. The van der Waals surface area contributed by atoms with Crippen molar-refractivity contribution >= 4 is 40.3 Å². The molecule has 0 amide bonds. The fourth-order valence-corrected chi connectivity index (χ4v) is 5.43. The van der Waals surface area contributed by atoms with E-state index in [4.69, 9.17) is 26.7 Å². The molecule has 0 aliphatic carbocycles. The fourth-order valence-electron chi connectivity index (χ4n) is 2.40. The van der Waals surface area contributed by atoms with E-state index < -0.39 is 55.1 Å². The summed E-state index contributed by atoms with van der Waals surface area (Å²) >= 11 is 0. The lowest BCUT2D eigenvalue weighted by Gasteiger charge is -2.27. The zero-order valence-electron chi connectivity index (χ0n) is 16.3. The van der Waals surface area contributed by atoms with E-state index in [2.05, 4.69) is 23.1 Å². The summed E-state index contributed by atoms with van der Waals surface area (Å²) in [6.45, 7) is -1.77. The van der Waals surface area contributed by atoms with Gasteiger partial charge in [-0.3, -0.25) is 4.52 Å². The molecule has 0 saturated heterocycles. The van der Waals surface area contributed by atoms with Gasteiger partial charge in [0.25, 0.3) is 0 Å². The maximum Gasteiger partial charge on any atom is 0.490 e. The van der Waals surface area contributed by atoms with Gasteiger partial charge in [0.15, 0.2) is 6.23 Å². The van der Waals surface area contributed by atoms with Gasteiger partial charge in [0.05, 0.1) is 18.6 Å². The van der Waals surface area contributed by atoms with E-state index in [1.807, 2.05) is 5.92 Å². The number of rotatable bonds is 12. The van der Waals surface area contributed by atoms with E-state index in [1.165, 1.54) is 16.8 Å². The molecule has 0 radical (unpaired) electrons. The third-order valence-corrected chi connectivity index (χ3v) is 7.48. The van der Waals surface area contributed by atoms with E-state index >= 15 is 0 Å². The maximum absolute atomic E-state index is 11.9. The monoisotopic (exact) mass is 532 g/mol. The van der Waals surface area contributed by atoms with E-state index in [1.54, 1.807) is 0 Å². The number of aliphatic hydroxyl groups is 2. The Bertz CT molecular complexity index is 1160. The zero-order chi connectivity index (χ0) is 25.0. The standard InChI is InChI=1S/C13H19N4O13P3/c1-2-9(19)10(6-27-32(23,24)30-33(25,26)29-31(20,21)22)28-11(5-18)17-4-3-8-12(14)15-7-16-13(8)17/h1,3-4,7,9-11,18-19H,5-6H2,(H,23,24)(H,25,26)(H2,14,15,16)(H2,20,21,22)/t9-,10+,11+/m0/s1. The lowest BCUT2D eigenvalue weighted by atomic mass is 10.2. The normalized spacial score (nSPS) is 18.7. The number of aromatic nitrogens is 3. The maximum atomic E-state index is 11.9. The van der Waals surface area contributed by atoms with Crippen LogP contribution in [0.4, 0.5) is 5.82 Å². The molecular weight excluding hydrogens is 513 g/mol. The van der Waals surface area contributed by atoms with Crippen LogP contribution in [0.3, 0.4) is 0 Å². The van der Waals surface area contributed by atoms with Crippen LogP contribution in [0.5, 0.6) is 0 Å². The van der Waals surface area contributed by atoms with Crippen LogP contribution in [0.2, 0.25) is 0 Å². The predicted molar refractivity (Wildman–Crippen MR) is 108 cm³/mol. The first-order valence-corrected chi connectivity index (χ1v) is 13.0. The molecule has 2 rings (SSSR count). The molecule has 17 nitrogen and oxygen atoms in total. The highest BCUT2D eigenvalue weighted by Gasteiger charge is 2.41. The first-order valence-electron chi connectivity index (χ1n) is 8.44. The molecule has 0 aliphatic heterocycles. The third kappa shape index (κ3) is 7.92. The zero-order valence-corrected chi connectivity index (χ0v) is 18.9. The third-order valence-electron chi connectivity index (χ3n) is 3.68. The van der Waals surface area contributed by atoms with Gasteiger partial charge in [0.1, 0.15) is 30.0 Å². The molecule has 184 valence electrons. The summed E-state index contributed by atoms with van der Waals surface area (Å²) in [5, 5.41) is 20.1. The van der Waals surface area contributed by atoms with Crippen LogP contribution in [0.25, 0.3) is 11.0 Å². The molecule has 8 N–H and O–H groups in total. The molecule has 0 spiro atoms. The highest BCUT2D eigenvalue weighted by atomic mass is 31.3. The summed E-state index contributed by atoms with van der Waals surface area (Å²) in [6, 6.07) is 1.51. The van der Waals surface area contributed by atoms with Crippen molar-refractivity contribution in [2.24, 2.45) is 0 Å². The van der Waals surface area contributed by atoms with Crippen LogP contribution in [0.15, 0.2) is 18.6 Å². The molecule has 2 aromatic rings. The number of phosphoric acid groups is 3. The molecule has 2 unspecified atom stereocenters. The molecule has 2 heterocycles. The minimum atomic E-state index is -5.75. The van der Waals surface area contributed by atoms with Gasteiger partial charge in [-0.2, -0.15) is 8.62 Å². The SMILES string of the molecule is C#C[C@H](O)[C@@H](COP(=O)(O)OP(=O)(O)OP(=O)(O)O)O[C@H](CO)n1ccc2c(N)ncnc21. The number of nitrogens with two attached hydrogens (primary N) is 1. The molecule has 0 bridgehead atoms. The predicted octanol–water partition coefficient (Wildman–Crippen LogP) is -0.773. The Hall–Kier alpha value is -1.73. The Morgan fingerprint density at radius 3 is 2.39 bits per heavy atom. The molecule has 5 atom stereocenters. The number of aliphatic hydroxyl groups excluding tert-OH is 2.